The Hall–Kier alpha value is -2.88. The van der Waals surface area contributed by atoms with Crippen molar-refractivity contribution < 1.29 is 22.0 Å². The van der Waals surface area contributed by atoms with Gasteiger partial charge in [-0.05, 0) is 30.9 Å². The van der Waals surface area contributed by atoms with Crippen molar-refractivity contribution in [1.82, 2.24) is 14.6 Å². The number of hydrogen-bond acceptors (Lipinski definition) is 5. The first-order valence-corrected chi connectivity index (χ1v) is 9.82. The number of carbonyl (C=O) groups excluding carboxylic acids is 1. The standard InChI is InChI=1S/C17H14F2N4O3S/c18-12-3-4-13(27(25,26)9-10-1-2-10)16(19)15(12)17(24)22-11-7-20-14-5-6-21-23(14)8-11/h3-8,10H,1-2,9H2,(H,22,24). The molecule has 140 valence electrons. The fourth-order valence-electron chi connectivity index (χ4n) is 2.73. The van der Waals surface area contributed by atoms with Gasteiger partial charge in [0.05, 0.1) is 30.0 Å². The maximum atomic E-state index is 14.7. The Bertz CT molecular complexity index is 1160. The monoisotopic (exact) mass is 392 g/mol. The molecule has 4 rings (SSSR count). The first-order chi connectivity index (χ1) is 12.8. The summed E-state index contributed by atoms with van der Waals surface area (Å²) in [5, 5.41) is 6.27. The Morgan fingerprint density at radius 1 is 1.26 bits per heavy atom. The number of rotatable bonds is 5. The maximum absolute atomic E-state index is 14.7. The van der Waals surface area contributed by atoms with Gasteiger partial charge in [0.15, 0.2) is 21.3 Å². The quantitative estimate of drug-likeness (QED) is 0.673. The minimum Gasteiger partial charge on any atom is -0.319 e. The molecular formula is C17H14F2N4O3S. The molecule has 1 aliphatic rings. The third kappa shape index (κ3) is 3.39. The number of fused-ring (bicyclic) bond motifs is 1. The fraction of sp³-hybridized carbons (Fsp3) is 0.235. The number of amides is 1. The number of nitrogens with one attached hydrogen (secondary N) is 1. The van der Waals surface area contributed by atoms with E-state index in [4.69, 9.17) is 0 Å². The average molecular weight is 392 g/mol. The van der Waals surface area contributed by atoms with Crippen molar-refractivity contribution in [3.8, 4) is 0 Å². The molecule has 0 aliphatic heterocycles. The van der Waals surface area contributed by atoms with Crippen LogP contribution in [0.15, 0.2) is 41.7 Å². The molecule has 1 fully saturated rings. The van der Waals surface area contributed by atoms with Crippen LogP contribution >= 0.6 is 0 Å². The number of halogens is 2. The molecule has 0 spiro atoms. The van der Waals surface area contributed by atoms with Crippen molar-refractivity contribution in [2.45, 2.75) is 17.7 Å². The van der Waals surface area contributed by atoms with Crippen molar-refractivity contribution in [1.29, 1.82) is 0 Å². The summed E-state index contributed by atoms with van der Waals surface area (Å²) in [6.07, 6.45) is 5.75. The van der Waals surface area contributed by atoms with E-state index in [1.54, 1.807) is 6.07 Å². The largest absolute Gasteiger partial charge is 0.319 e. The van der Waals surface area contributed by atoms with Crippen LogP contribution in [0.25, 0.3) is 5.65 Å². The molecule has 1 aliphatic carbocycles. The van der Waals surface area contributed by atoms with Crippen LogP contribution in [-0.4, -0.2) is 34.7 Å². The van der Waals surface area contributed by atoms with E-state index in [1.807, 2.05) is 0 Å². The smallest absolute Gasteiger partial charge is 0.261 e. The lowest BCUT2D eigenvalue weighted by atomic mass is 10.2. The minimum atomic E-state index is -3.94. The lowest BCUT2D eigenvalue weighted by molar-refractivity contribution is 0.101. The van der Waals surface area contributed by atoms with Crippen LogP contribution in [0.4, 0.5) is 14.5 Å². The van der Waals surface area contributed by atoms with Gasteiger partial charge in [-0.25, -0.2) is 26.7 Å². The highest BCUT2D eigenvalue weighted by atomic mass is 32.2. The Kier molecular flexibility index (Phi) is 4.14. The second kappa shape index (κ2) is 6.38. The normalized spacial score (nSPS) is 14.4. The summed E-state index contributed by atoms with van der Waals surface area (Å²) in [5.41, 5.74) is -0.271. The van der Waals surface area contributed by atoms with E-state index >= 15 is 0 Å². The molecule has 27 heavy (non-hydrogen) atoms. The zero-order valence-corrected chi connectivity index (χ0v) is 14.7. The van der Waals surface area contributed by atoms with Gasteiger partial charge in [-0.15, -0.1) is 0 Å². The lowest BCUT2D eigenvalue weighted by Gasteiger charge is -2.11. The summed E-state index contributed by atoms with van der Waals surface area (Å²) in [6, 6.07) is 3.28. The van der Waals surface area contributed by atoms with Gasteiger partial charge in [0.2, 0.25) is 0 Å². The van der Waals surface area contributed by atoms with Gasteiger partial charge >= 0.3 is 0 Å². The Labute approximate surface area is 153 Å². The van der Waals surface area contributed by atoms with Gasteiger partial charge in [-0.1, -0.05) is 0 Å². The van der Waals surface area contributed by atoms with Crippen molar-refractivity contribution >= 4 is 27.1 Å². The van der Waals surface area contributed by atoms with Crippen LogP contribution in [0.1, 0.15) is 23.2 Å². The van der Waals surface area contributed by atoms with Crippen molar-refractivity contribution in [2.75, 3.05) is 11.1 Å². The first-order valence-electron chi connectivity index (χ1n) is 8.16. The molecule has 0 atom stereocenters. The van der Waals surface area contributed by atoms with Gasteiger partial charge in [0.25, 0.3) is 5.91 Å². The van der Waals surface area contributed by atoms with Crippen LogP contribution in [0.5, 0.6) is 0 Å². The molecule has 1 N–H and O–H groups in total. The Morgan fingerprint density at radius 3 is 2.78 bits per heavy atom. The second-order valence-electron chi connectivity index (χ2n) is 6.39. The fourth-order valence-corrected chi connectivity index (χ4v) is 4.52. The topological polar surface area (TPSA) is 93.4 Å². The van der Waals surface area contributed by atoms with Gasteiger partial charge in [0.1, 0.15) is 16.3 Å². The number of carbonyl (C=O) groups is 1. The van der Waals surface area contributed by atoms with E-state index in [9.17, 15) is 22.0 Å². The van der Waals surface area contributed by atoms with Crippen LogP contribution in [0, 0.1) is 17.6 Å². The predicted octanol–water partition coefficient (Wildman–Crippen LogP) is 2.44. The summed E-state index contributed by atoms with van der Waals surface area (Å²) in [6.45, 7) is 0. The third-order valence-corrected chi connectivity index (χ3v) is 6.17. The summed E-state index contributed by atoms with van der Waals surface area (Å²) >= 11 is 0. The zero-order chi connectivity index (χ0) is 19.2. The van der Waals surface area contributed by atoms with E-state index in [0.717, 1.165) is 25.0 Å². The van der Waals surface area contributed by atoms with Crippen LogP contribution in [-0.2, 0) is 9.84 Å². The minimum absolute atomic E-state index is 0.0106. The predicted molar refractivity (Wildman–Crippen MR) is 92.1 cm³/mol. The van der Waals surface area contributed by atoms with Gasteiger partial charge in [-0.2, -0.15) is 5.10 Å². The molecule has 3 aromatic rings. The van der Waals surface area contributed by atoms with E-state index in [-0.39, 0.29) is 17.4 Å². The van der Waals surface area contributed by atoms with Crippen LogP contribution in [0.3, 0.4) is 0 Å². The molecule has 0 radical (unpaired) electrons. The first kappa shape index (κ1) is 17.5. The summed E-state index contributed by atoms with van der Waals surface area (Å²) in [5.74, 6) is -3.87. The molecule has 1 aromatic carbocycles. The molecule has 2 aromatic heterocycles. The van der Waals surface area contributed by atoms with Gasteiger partial charge < -0.3 is 5.32 Å². The number of aromatic nitrogens is 3. The number of anilines is 1. The van der Waals surface area contributed by atoms with Crippen molar-refractivity contribution in [2.24, 2.45) is 5.92 Å². The van der Waals surface area contributed by atoms with Crippen molar-refractivity contribution in [3.63, 3.8) is 0 Å². The molecule has 1 amide bonds. The van der Waals surface area contributed by atoms with Gasteiger partial charge in [-0.3, -0.25) is 4.79 Å². The Morgan fingerprint density at radius 2 is 2.04 bits per heavy atom. The number of nitrogens with zero attached hydrogens (tertiary/aromatic N) is 3. The average Bonchev–Trinajstić information content (AvgIpc) is 3.27. The van der Waals surface area contributed by atoms with Crippen LogP contribution < -0.4 is 5.32 Å². The third-order valence-electron chi connectivity index (χ3n) is 4.27. The lowest BCUT2D eigenvalue weighted by Crippen LogP contribution is -2.19. The molecular weight excluding hydrogens is 378 g/mol. The summed E-state index contributed by atoms with van der Waals surface area (Å²) in [4.78, 5) is 15.8. The highest BCUT2D eigenvalue weighted by molar-refractivity contribution is 7.91. The van der Waals surface area contributed by atoms with E-state index in [0.29, 0.717) is 5.65 Å². The number of sulfone groups is 1. The highest BCUT2D eigenvalue weighted by Crippen LogP contribution is 2.33. The summed E-state index contributed by atoms with van der Waals surface area (Å²) in [7, 11) is -3.94. The molecule has 2 heterocycles. The zero-order valence-electron chi connectivity index (χ0n) is 13.9. The molecule has 0 unspecified atom stereocenters. The van der Waals surface area contributed by atoms with Crippen molar-refractivity contribution in [3.05, 3.63) is 54.0 Å². The van der Waals surface area contributed by atoms with Crippen LogP contribution in [0.2, 0.25) is 0 Å². The summed E-state index contributed by atoms with van der Waals surface area (Å²) < 4.78 is 54.9. The van der Waals surface area contributed by atoms with E-state index in [1.165, 1.54) is 23.1 Å². The second-order valence-corrected chi connectivity index (χ2v) is 8.39. The number of benzene rings is 1. The Balaban J connectivity index is 1.67. The van der Waals surface area contributed by atoms with Gasteiger partial charge in [0, 0.05) is 6.07 Å². The molecule has 0 bridgehead atoms. The van der Waals surface area contributed by atoms with E-state index in [2.05, 4.69) is 15.4 Å². The molecule has 10 heteroatoms. The number of hydrogen-bond donors (Lipinski definition) is 1. The molecule has 1 saturated carbocycles. The maximum Gasteiger partial charge on any atom is 0.261 e. The molecule has 0 saturated heterocycles. The highest BCUT2D eigenvalue weighted by Gasteiger charge is 2.33. The van der Waals surface area contributed by atoms with E-state index < -0.39 is 37.8 Å². The molecule has 7 nitrogen and oxygen atoms in total. The SMILES string of the molecule is O=C(Nc1cnc2ccnn2c1)c1c(F)ccc(S(=O)(=O)CC2CC2)c1F.